The first kappa shape index (κ1) is 14.2. The Balaban J connectivity index is 2.05. The third-order valence-corrected chi connectivity index (χ3v) is 4.32. The molecule has 0 bridgehead atoms. The van der Waals surface area contributed by atoms with Crippen molar-refractivity contribution in [3.05, 3.63) is 22.7 Å². The molecular formula is C15H21ClN2O. The first-order valence-corrected chi connectivity index (χ1v) is 7.21. The second-order valence-electron chi connectivity index (χ2n) is 5.63. The molecule has 1 aliphatic carbocycles. The van der Waals surface area contributed by atoms with Crippen LogP contribution in [0.25, 0.3) is 0 Å². The Morgan fingerprint density at radius 2 is 1.95 bits per heavy atom. The van der Waals surface area contributed by atoms with Crippen molar-refractivity contribution in [2.24, 2.45) is 11.8 Å². The molecule has 3 nitrogen and oxygen atoms in total. The van der Waals surface area contributed by atoms with E-state index < -0.39 is 0 Å². The number of hydrogen-bond donors (Lipinski definition) is 2. The van der Waals surface area contributed by atoms with Crippen molar-refractivity contribution in [1.29, 1.82) is 0 Å². The van der Waals surface area contributed by atoms with Crippen LogP contribution in [0, 0.1) is 18.8 Å². The molecule has 2 rings (SSSR count). The lowest BCUT2D eigenvalue weighted by molar-refractivity contribution is -0.121. The molecule has 0 radical (unpaired) electrons. The van der Waals surface area contributed by atoms with Crippen LogP contribution in [-0.2, 0) is 4.79 Å². The van der Waals surface area contributed by atoms with Crippen molar-refractivity contribution in [3.63, 3.8) is 0 Å². The van der Waals surface area contributed by atoms with Crippen LogP contribution in [0.3, 0.4) is 0 Å². The minimum atomic E-state index is 0.107. The molecule has 1 saturated carbocycles. The number of amides is 1. The van der Waals surface area contributed by atoms with Gasteiger partial charge in [0.15, 0.2) is 0 Å². The van der Waals surface area contributed by atoms with E-state index in [0.29, 0.717) is 10.7 Å². The lowest BCUT2D eigenvalue weighted by atomic mass is 9.82. The Morgan fingerprint density at radius 3 is 2.58 bits per heavy atom. The van der Waals surface area contributed by atoms with E-state index in [2.05, 4.69) is 12.2 Å². The lowest BCUT2D eigenvalue weighted by Crippen LogP contribution is -2.26. The second kappa shape index (κ2) is 5.83. The third-order valence-electron chi connectivity index (χ3n) is 3.99. The van der Waals surface area contributed by atoms with Crippen molar-refractivity contribution in [3.8, 4) is 0 Å². The van der Waals surface area contributed by atoms with Gasteiger partial charge in [0, 0.05) is 11.6 Å². The third kappa shape index (κ3) is 3.41. The molecule has 0 spiro atoms. The normalized spacial score (nSPS) is 23.1. The minimum Gasteiger partial charge on any atom is -0.398 e. The van der Waals surface area contributed by atoms with Gasteiger partial charge >= 0.3 is 0 Å². The van der Waals surface area contributed by atoms with Crippen molar-refractivity contribution in [2.45, 2.75) is 39.5 Å². The smallest absolute Gasteiger partial charge is 0.227 e. The summed E-state index contributed by atoms with van der Waals surface area (Å²) >= 11 is 6.00. The SMILES string of the molecule is Cc1cc(N)c(Cl)cc1NC(=O)C1CCC(C)CC1. The van der Waals surface area contributed by atoms with E-state index in [1.807, 2.05) is 6.92 Å². The Hall–Kier alpha value is -1.22. The summed E-state index contributed by atoms with van der Waals surface area (Å²) in [6.07, 6.45) is 4.24. The van der Waals surface area contributed by atoms with Crippen LogP contribution in [0.4, 0.5) is 11.4 Å². The van der Waals surface area contributed by atoms with Gasteiger partial charge in [0.2, 0.25) is 5.91 Å². The highest BCUT2D eigenvalue weighted by molar-refractivity contribution is 6.33. The van der Waals surface area contributed by atoms with Crippen LogP contribution in [0.1, 0.15) is 38.2 Å². The molecule has 1 aromatic carbocycles. The Labute approximate surface area is 119 Å². The van der Waals surface area contributed by atoms with E-state index >= 15 is 0 Å². The van der Waals surface area contributed by atoms with Crippen LogP contribution < -0.4 is 11.1 Å². The number of anilines is 2. The van der Waals surface area contributed by atoms with E-state index in [1.165, 1.54) is 0 Å². The fourth-order valence-electron chi connectivity index (χ4n) is 2.60. The van der Waals surface area contributed by atoms with Crippen molar-refractivity contribution < 1.29 is 4.79 Å². The molecule has 0 saturated heterocycles. The first-order valence-electron chi connectivity index (χ1n) is 6.84. The highest BCUT2D eigenvalue weighted by Crippen LogP contribution is 2.31. The number of nitrogens with two attached hydrogens (primary N) is 1. The van der Waals surface area contributed by atoms with Crippen molar-refractivity contribution in [2.75, 3.05) is 11.1 Å². The van der Waals surface area contributed by atoms with Gasteiger partial charge in [0.05, 0.1) is 10.7 Å². The first-order chi connectivity index (χ1) is 8.97. The number of nitrogens with one attached hydrogen (secondary N) is 1. The maximum absolute atomic E-state index is 12.2. The number of carbonyl (C=O) groups is 1. The van der Waals surface area contributed by atoms with Crippen LogP contribution in [-0.4, -0.2) is 5.91 Å². The number of aryl methyl sites for hydroxylation is 1. The van der Waals surface area contributed by atoms with Gasteiger partial charge in [-0.15, -0.1) is 0 Å². The van der Waals surface area contributed by atoms with E-state index in [4.69, 9.17) is 17.3 Å². The minimum absolute atomic E-state index is 0.107. The van der Waals surface area contributed by atoms with Gasteiger partial charge in [-0.2, -0.15) is 0 Å². The number of nitrogen functional groups attached to an aromatic ring is 1. The summed E-state index contributed by atoms with van der Waals surface area (Å²) in [5, 5.41) is 3.47. The van der Waals surface area contributed by atoms with E-state index in [0.717, 1.165) is 42.9 Å². The molecule has 19 heavy (non-hydrogen) atoms. The fourth-order valence-corrected chi connectivity index (χ4v) is 2.76. The Kier molecular flexibility index (Phi) is 4.35. The van der Waals surface area contributed by atoms with E-state index in [1.54, 1.807) is 12.1 Å². The summed E-state index contributed by atoms with van der Waals surface area (Å²) in [5.74, 6) is 0.986. The molecular weight excluding hydrogens is 260 g/mol. The topological polar surface area (TPSA) is 55.1 Å². The predicted octanol–water partition coefficient (Wildman–Crippen LogP) is 4.00. The zero-order chi connectivity index (χ0) is 14.0. The standard InChI is InChI=1S/C15H21ClN2O/c1-9-3-5-11(6-4-9)15(19)18-14-8-12(16)13(17)7-10(14)2/h7-9,11H,3-6,17H2,1-2H3,(H,18,19). The van der Waals surface area contributed by atoms with Crippen LogP contribution in [0.5, 0.6) is 0 Å². The maximum atomic E-state index is 12.2. The van der Waals surface area contributed by atoms with Crippen LogP contribution in [0.2, 0.25) is 5.02 Å². The number of hydrogen-bond acceptors (Lipinski definition) is 2. The maximum Gasteiger partial charge on any atom is 0.227 e. The van der Waals surface area contributed by atoms with Crippen LogP contribution in [0.15, 0.2) is 12.1 Å². The summed E-state index contributed by atoms with van der Waals surface area (Å²) in [7, 11) is 0. The zero-order valence-electron chi connectivity index (χ0n) is 11.5. The van der Waals surface area contributed by atoms with E-state index in [-0.39, 0.29) is 11.8 Å². The molecule has 3 N–H and O–H groups in total. The molecule has 1 fully saturated rings. The monoisotopic (exact) mass is 280 g/mol. The molecule has 0 aromatic heterocycles. The highest BCUT2D eigenvalue weighted by atomic mass is 35.5. The molecule has 0 unspecified atom stereocenters. The largest absolute Gasteiger partial charge is 0.398 e. The van der Waals surface area contributed by atoms with Gasteiger partial charge in [-0.3, -0.25) is 4.79 Å². The summed E-state index contributed by atoms with van der Waals surface area (Å²) < 4.78 is 0. The Morgan fingerprint density at radius 1 is 1.32 bits per heavy atom. The zero-order valence-corrected chi connectivity index (χ0v) is 12.3. The number of carbonyl (C=O) groups excluding carboxylic acids is 1. The summed E-state index contributed by atoms with van der Waals surface area (Å²) in [6.45, 7) is 4.17. The van der Waals surface area contributed by atoms with Crippen molar-refractivity contribution >= 4 is 28.9 Å². The second-order valence-corrected chi connectivity index (χ2v) is 6.04. The molecule has 0 aliphatic heterocycles. The highest BCUT2D eigenvalue weighted by Gasteiger charge is 2.24. The Bertz CT molecular complexity index is 479. The molecule has 0 atom stereocenters. The van der Waals surface area contributed by atoms with Crippen LogP contribution >= 0.6 is 11.6 Å². The van der Waals surface area contributed by atoms with Crippen molar-refractivity contribution in [1.82, 2.24) is 0 Å². The molecule has 1 aliphatic rings. The summed E-state index contributed by atoms with van der Waals surface area (Å²) in [4.78, 5) is 12.2. The van der Waals surface area contributed by atoms with Gasteiger partial charge in [-0.1, -0.05) is 18.5 Å². The quantitative estimate of drug-likeness (QED) is 0.805. The molecule has 1 amide bonds. The molecule has 4 heteroatoms. The van der Waals surface area contributed by atoms with Gasteiger partial charge in [0.25, 0.3) is 0 Å². The molecule has 104 valence electrons. The summed E-state index contributed by atoms with van der Waals surface area (Å²) in [6, 6.07) is 3.52. The van der Waals surface area contributed by atoms with Gasteiger partial charge in [0.1, 0.15) is 0 Å². The average Bonchev–Trinajstić information content (AvgIpc) is 2.36. The number of benzene rings is 1. The number of halogens is 1. The number of rotatable bonds is 2. The molecule has 0 heterocycles. The fraction of sp³-hybridized carbons (Fsp3) is 0.533. The lowest BCUT2D eigenvalue weighted by Gasteiger charge is -2.25. The van der Waals surface area contributed by atoms with Gasteiger partial charge in [-0.25, -0.2) is 0 Å². The van der Waals surface area contributed by atoms with Gasteiger partial charge < -0.3 is 11.1 Å². The average molecular weight is 281 g/mol. The summed E-state index contributed by atoms with van der Waals surface area (Å²) in [5.41, 5.74) is 7.99. The predicted molar refractivity (Wildman–Crippen MR) is 80.4 cm³/mol. The van der Waals surface area contributed by atoms with E-state index in [9.17, 15) is 4.79 Å². The molecule has 1 aromatic rings. The van der Waals surface area contributed by atoms with Gasteiger partial charge in [-0.05, 0) is 56.2 Å².